The Morgan fingerprint density at radius 2 is 1.68 bits per heavy atom. The zero-order chi connectivity index (χ0) is 25.1. The zero-order valence-electron chi connectivity index (χ0n) is 22.5. The average molecular weight is 473 g/mol. The maximum absolute atomic E-state index is 12.3. The molecule has 4 aliphatic carbocycles. The number of carbonyl (C=O) groups excluding carboxylic acids is 1. The minimum atomic E-state index is -1.04. The number of carbonyl (C=O) groups is 1. The largest absolute Gasteiger partial charge is 0.462 e. The summed E-state index contributed by atoms with van der Waals surface area (Å²) in [7, 11) is 0. The van der Waals surface area contributed by atoms with Crippen LogP contribution in [0.25, 0.3) is 0 Å². The number of fused-ring (bicyclic) bond motifs is 5. The normalized spacial score (nSPS) is 47.7. The molecule has 0 aliphatic heterocycles. The SMILES string of the molecule is CC(=O)O[C@@H]1CC[C@]2(C)[C@@H]3CC[C@@]4(C)[C@H](CC[C@H]4[C@H](C)/C=C/[C@H](C)C(C)C)[C@@]3(O)C=C[C@]2(O)C1. The van der Waals surface area contributed by atoms with Gasteiger partial charge in [-0.2, -0.15) is 0 Å². The maximum atomic E-state index is 12.3. The number of aliphatic hydroxyl groups is 2. The van der Waals surface area contributed by atoms with Gasteiger partial charge < -0.3 is 14.9 Å². The summed E-state index contributed by atoms with van der Waals surface area (Å²) in [6, 6.07) is 0. The van der Waals surface area contributed by atoms with Crippen molar-refractivity contribution in [2.75, 3.05) is 0 Å². The van der Waals surface area contributed by atoms with Crippen molar-refractivity contribution in [1.29, 1.82) is 0 Å². The highest BCUT2D eigenvalue weighted by Crippen LogP contribution is 2.69. The van der Waals surface area contributed by atoms with Gasteiger partial charge in [0.25, 0.3) is 0 Å². The van der Waals surface area contributed by atoms with Crippen molar-refractivity contribution in [2.45, 2.75) is 111 Å². The van der Waals surface area contributed by atoms with E-state index in [-0.39, 0.29) is 29.3 Å². The molecule has 0 aromatic carbocycles. The molecule has 4 nitrogen and oxygen atoms in total. The van der Waals surface area contributed by atoms with Crippen LogP contribution in [0.15, 0.2) is 24.3 Å². The van der Waals surface area contributed by atoms with E-state index >= 15 is 0 Å². The summed E-state index contributed by atoms with van der Waals surface area (Å²) >= 11 is 0. The van der Waals surface area contributed by atoms with Crippen LogP contribution in [-0.4, -0.2) is 33.5 Å². The van der Waals surface area contributed by atoms with Crippen molar-refractivity contribution < 1.29 is 19.7 Å². The fraction of sp³-hybridized carbons (Fsp3) is 0.833. The van der Waals surface area contributed by atoms with Crippen molar-refractivity contribution in [3.63, 3.8) is 0 Å². The topological polar surface area (TPSA) is 66.8 Å². The predicted molar refractivity (Wildman–Crippen MR) is 136 cm³/mol. The van der Waals surface area contributed by atoms with Crippen molar-refractivity contribution in [3.05, 3.63) is 24.3 Å². The fourth-order valence-electron chi connectivity index (χ4n) is 8.64. The van der Waals surface area contributed by atoms with Gasteiger partial charge in [-0.05, 0) is 73.5 Å². The molecule has 0 amide bonds. The molecular weight excluding hydrogens is 424 g/mol. The Bertz CT molecular complexity index is 847. The molecular formula is C30H48O4. The molecule has 0 unspecified atom stereocenters. The maximum Gasteiger partial charge on any atom is 0.302 e. The summed E-state index contributed by atoms with van der Waals surface area (Å²) < 4.78 is 5.49. The third-order valence-corrected chi connectivity index (χ3v) is 11.1. The van der Waals surface area contributed by atoms with Crippen LogP contribution < -0.4 is 0 Å². The van der Waals surface area contributed by atoms with Crippen LogP contribution >= 0.6 is 0 Å². The predicted octanol–water partition coefficient (Wildman–Crippen LogP) is 6.07. The lowest BCUT2D eigenvalue weighted by Crippen LogP contribution is -2.67. The summed E-state index contributed by atoms with van der Waals surface area (Å²) in [5.74, 6) is 2.24. The third-order valence-electron chi connectivity index (χ3n) is 11.1. The van der Waals surface area contributed by atoms with Gasteiger partial charge in [-0.3, -0.25) is 4.79 Å². The highest BCUT2D eigenvalue weighted by Gasteiger charge is 2.68. The average Bonchev–Trinajstić information content (AvgIpc) is 3.11. The molecule has 0 spiro atoms. The number of allylic oxidation sites excluding steroid dienone is 2. The van der Waals surface area contributed by atoms with E-state index < -0.39 is 16.6 Å². The Kier molecular flexibility index (Phi) is 6.69. The van der Waals surface area contributed by atoms with Gasteiger partial charge in [0.15, 0.2) is 0 Å². The summed E-state index contributed by atoms with van der Waals surface area (Å²) in [6.45, 7) is 15.3. The molecule has 192 valence electrons. The minimum Gasteiger partial charge on any atom is -0.462 e. The molecule has 0 heterocycles. The van der Waals surface area contributed by atoms with E-state index in [9.17, 15) is 15.0 Å². The van der Waals surface area contributed by atoms with Crippen LogP contribution in [0.4, 0.5) is 0 Å². The monoisotopic (exact) mass is 472 g/mol. The van der Waals surface area contributed by atoms with Crippen molar-refractivity contribution >= 4 is 5.97 Å². The summed E-state index contributed by atoms with van der Waals surface area (Å²) in [5.41, 5.74) is -2.24. The van der Waals surface area contributed by atoms with Gasteiger partial charge in [-0.25, -0.2) is 0 Å². The third kappa shape index (κ3) is 3.92. The first-order chi connectivity index (χ1) is 15.8. The molecule has 0 saturated heterocycles. The number of rotatable bonds is 5. The van der Waals surface area contributed by atoms with Crippen LogP contribution in [0.3, 0.4) is 0 Å². The molecule has 4 heteroatoms. The Morgan fingerprint density at radius 1 is 0.971 bits per heavy atom. The lowest BCUT2D eigenvalue weighted by Gasteiger charge is -2.64. The van der Waals surface area contributed by atoms with Crippen LogP contribution in [0, 0.1) is 46.3 Å². The Morgan fingerprint density at radius 3 is 2.32 bits per heavy atom. The van der Waals surface area contributed by atoms with Crippen molar-refractivity contribution in [1.82, 2.24) is 0 Å². The standard InChI is InChI=1S/C30H48O4/c1-19(2)20(3)8-9-21(4)24-10-11-25-27(24,6)14-13-26-28(7)15-12-23(34-22(5)31)18-29(28,32)16-17-30(25,26)33/h8-9,16-17,19-21,23-26,32-33H,10-15,18H2,1-7H3/b9-8+/t20-,21+,23+,24-,25-,26-,27+,28+,29-,30-/m0/s1. The summed E-state index contributed by atoms with van der Waals surface area (Å²) in [4.78, 5) is 11.5. The second kappa shape index (κ2) is 8.76. The van der Waals surface area contributed by atoms with Gasteiger partial charge in [0.1, 0.15) is 6.10 Å². The number of hydrogen-bond donors (Lipinski definition) is 2. The summed E-state index contributed by atoms with van der Waals surface area (Å²) in [5, 5.41) is 24.1. The van der Waals surface area contributed by atoms with Crippen molar-refractivity contribution in [2.24, 2.45) is 46.3 Å². The molecule has 2 N–H and O–H groups in total. The van der Waals surface area contributed by atoms with E-state index in [2.05, 4.69) is 53.7 Å². The van der Waals surface area contributed by atoms with Crippen LogP contribution in [0.2, 0.25) is 0 Å². The van der Waals surface area contributed by atoms with Crippen LogP contribution in [-0.2, 0) is 9.53 Å². The Hall–Kier alpha value is -1.13. The number of hydrogen-bond acceptors (Lipinski definition) is 4. The second-order valence-electron chi connectivity index (χ2n) is 13.2. The van der Waals surface area contributed by atoms with Gasteiger partial charge in [0, 0.05) is 24.7 Å². The molecule has 4 aliphatic rings. The van der Waals surface area contributed by atoms with E-state index in [0.29, 0.717) is 30.1 Å². The highest BCUT2D eigenvalue weighted by atomic mass is 16.5. The first-order valence-corrected chi connectivity index (χ1v) is 13.8. The second-order valence-corrected chi connectivity index (χ2v) is 13.2. The first-order valence-electron chi connectivity index (χ1n) is 13.8. The van der Waals surface area contributed by atoms with Crippen LogP contribution in [0.5, 0.6) is 0 Å². The number of ether oxygens (including phenoxy) is 1. The molecule has 10 atom stereocenters. The minimum absolute atomic E-state index is 0.0249. The molecule has 3 saturated carbocycles. The molecule has 34 heavy (non-hydrogen) atoms. The Balaban J connectivity index is 1.60. The van der Waals surface area contributed by atoms with E-state index in [0.717, 1.165) is 38.5 Å². The molecule has 4 rings (SSSR count). The van der Waals surface area contributed by atoms with Crippen LogP contribution in [0.1, 0.15) is 93.4 Å². The van der Waals surface area contributed by atoms with Gasteiger partial charge >= 0.3 is 5.97 Å². The molecule has 3 fully saturated rings. The van der Waals surface area contributed by atoms with E-state index in [4.69, 9.17) is 4.74 Å². The molecule has 0 aromatic rings. The van der Waals surface area contributed by atoms with E-state index in [1.54, 1.807) is 0 Å². The fourth-order valence-corrected chi connectivity index (χ4v) is 8.64. The van der Waals surface area contributed by atoms with E-state index in [1.807, 2.05) is 12.2 Å². The van der Waals surface area contributed by atoms with Gasteiger partial charge in [-0.15, -0.1) is 0 Å². The molecule has 0 radical (unpaired) electrons. The summed E-state index contributed by atoms with van der Waals surface area (Å²) in [6.07, 6.45) is 14.6. The van der Waals surface area contributed by atoms with Gasteiger partial charge in [0.05, 0.1) is 11.2 Å². The van der Waals surface area contributed by atoms with Crippen molar-refractivity contribution in [3.8, 4) is 0 Å². The highest BCUT2D eigenvalue weighted by molar-refractivity contribution is 5.66. The lowest BCUT2D eigenvalue weighted by atomic mass is 9.43. The van der Waals surface area contributed by atoms with Gasteiger partial charge in [-0.1, -0.05) is 65.8 Å². The molecule has 0 aromatic heterocycles. The Labute approximate surface area is 207 Å². The smallest absolute Gasteiger partial charge is 0.302 e. The lowest BCUT2D eigenvalue weighted by molar-refractivity contribution is -0.223. The number of esters is 1. The quantitative estimate of drug-likeness (QED) is 0.377. The molecule has 0 bridgehead atoms. The van der Waals surface area contributed by atoms with Gasteiger partial charge in [0.2, 0.25) is 0 Å². The first kappa shape index (κ1) is 25.9. The van der Waals surface area contributed by atoms with E-state index in [1.165, 1.54) is 6.92 Å². The zero-order valence-corrected chi connectivity index (χ0v) is 22.5.